The molecule has 5 heteroatoms. The van der Waals surface area contributed by atoms with Crippen LogP contribution in [0.25, 0.3) is 0 Å². The van der Waals surface area contributed by atoms with E-state index in [9.17, 15) is 9.59 Å². The van der Waals surface area contributed by atoms with E-state index in [-0.39, 0.29) is 11.9 Å². The lowest BCUT2D eigenvalue weighted by atomic mass is 9.78. The van der Waals surface area contributed by atoms with Crippen LogP contribution in [0.2, 0.25) is 0 Å². The van der Waals surface area contributed by atoms with E-state index in [4.69, 9.17) is 9.47 Å². The summed E-state index contributed by atoms with van der Waals surface area (Å²) in [5, 5.41) is 3.05. The van der Waals surface area contributed by atoms with Crippen LogP contribution in [0.3, 0.4) is 0 Å². The number of hydrogen-bond acceptors (Lipinski definition) is 4. The van der Waals surface area contributed by atoms with Gasteiger partial charge in [0.05, 0.1) is 7.11 Å². The summed E-state index contributed by atoms with van der Waals surface area (Å²) in [6, 6.07) is 5.43. The fraction of sp³-hybridized carbons (Fsp3) is 0.600. The number of benzene rings is 1. The predicted molar refractivity (Wildman–Crippen MR) is 96.7 cm³/mol. The van der Waals surface area contributed by atoms with Gasteiger partial charge < -0.3 is 14.8 Å². The second-order valence-corrected chi connectivity index (χ2v) is 7.13. The largest absolute Gasteiger partial charge is 0.496 e. The molecule has 1 aliphatic rings. The van der Waals surface area contributed by atoms with Crippen LogP contribution in [-0.4, -0.2) is 31.1 Å². The quantitative estimate of drug-likeness (QED) is 0.828. The van der Waals surface area contributed by atoms with E-state index in [0.717, 1.165) is 18.4 Å². The molecule has 0 heterocycles. The van der Waals surface area contributed by atoms with Gasteiger partial charge >= 0.3 is 5.97 Å². The molecule has 0 aliphatic heterocycles. The summed E-state index contributed by atoms with van der Waals surface area (Å²) in [6.07, 6.45) is 2.45. The molecule has 1 fully saturated rings. The van der Waals surface area contributed by atoms with Crippen LogP contribution in [0, 0.1) is 18.8 Å². The lowest BCUT2D eigenvalue weighted by Gasteiger charge is -2.35. The van der Waals surface area contributed by atoms with Crippen molar-refractivity contribution in [2.24, 2.45) is 11.8 Å². The van der Waals surface area contributed by atoms with Crippen molar-refractivity contribution < 1.29 is 19.1 Å². The van der Waals surface area contributed by atoms with E-state index < -0.39 is 12.1 Å². The van der Waals surface area contributed by atoms with Crippen molar-refractivity contribution in [2.45, 2.75) is 59.1 Å². The van der Waals surface area contributed by atoms with Crippen molar-refractivity contribution in [1.29, 1.82) is 0 Å². The Hall–Kier alpha value is -2.04. The standard InChI is InChI=1S/C20H29NO4/c1-12-9-10-18(24-5)16(11-12)20(23)25-15(4)19(22)21-17-8-6-7-13(2)14(17)3/h9-11,13-15,17H,6-8H2,1-5H3,(H,21,22)/t13-,14-,15-,17+/m0/s1. The van der Waals surface area contributed by atoms with Crippen LogP contribution >= 0.6 is 0 Å². The first kappa shape index (κ1) is 19.3. The first-order valence-electron chi connectivity index (χ1n) is 8.99. The Morgan fingerprint density at radius 3 is 2.64 bits per heavy atom. The molecule has 0 saturated heterocycles. The summed E-state index contributed by atoms with van der Waals surface area (Å²) in [4.78, 5) is 24.8. The molecule has 0 aromatic heterocycles. The first-order valence-corrected chi connectivity index (χ1v) is 8.99. The van der Waals surface area contributed by atoms with E-state index >= 15 is 0 Å². The molecule has 1 amide bonds. The van der Waals surface area contributed by atoms with Gasteiger partial charge in [-0.05, 0) is 44.2 Å². The Bertz CT molecular complexity index is 628. The third-order valence-electron chi connectivity index (χ3n) is 5.26. The number of hydrogen-bond donors (Lipinski definition) is 1. The fourth-order valence-electron chi connectivity index (χ4n) is 3.34. The lowest BCUT2D eigenvalue weighted by molar-refractivity contribution is -0.130. The van der Waals surface area contributed by atoms with Gasteiger partial charge in [0, 0.05) is 6.04 Å². The highest BCUT2D eigenvalue weighted by Crippen LogP contribution is 2.29. The minimum atomic E-state index is -0.845. The lowest BCUT2D eigenvalue weighted by Crippen LogP contribution is -2.47. The molecular weight excluding hydrogens is 318 g/mol. The summed E-state index contributed by atoms with van der Waals surface area (Å²) in [7, 11) is 1.50. The Kier molecular flexibility index (Phi) is 6.45. The fourth-order valence-corrected chi connectivity index (χ4v) is 3.34. The number of carbonyl (C=O) groups excluding carboxylic acids is 2. The van der Waals surface area contributed by atoms with Gasteiger partial charge in [0.1, 0.15) is 11.3 Å². The molecule has 25 heavy (non-hydrogen) atoms. The Balaban J connectivity index is 1.99. The number of aryl methyl sites for hydroxylation is 1. The molecule has 1 saturated carbocycles. The summed E-state index contributed by atoms with van der Waals surface area (Å²) < 4.78 is 10.6. The minimum absolute atomic E-state index is 0.144. The van der Waals surface area contributed by atoms with E-state index in [2.05, 4.69) is 19.2 Å². The Morgan fingerprint density at radius 2 is 1.96 bits per heavy atom. The maximum absolute atomic E-state index is 12.4. The van der Waals surface area contributed by atoms with Crippen LogP contribution in [0.1, 0.15) is 56.0 Å². The van der Waals surface area contributed by atoms with Gasteiger partial charge in [0.2, 0.25) is 0 Å². The summed E-state index contributed by atoms with van der Waals surface area (Å²) in [6.45, 7) is 7.88. The minimum Gasteiger partial charge on any atom is -0.496 e. The molecule has 1 aromatic rings. The number of ether oxygens (including phenoxy) is 2. The van der Waals surface area contributed by atoms with Crippen molar-refractivity contribution in [2.75, 3.05) is 7.11 Å². The van der Waals surface area contributed by atoms with Gasteiger partial charge in [-0.15, -0.1) is 0 Å². The number of nitrogens with one attached hydrogen (secondary N) is 1. The number of amides is 1. The highest BCUT2D eigenvalue weighted by atomic mass is 16.5. The zero-order chi connectivity index (χ0) is 18.6. The van der Waals surface area contributed by atoms with Crippen molar-refractivity contribution >= 4 is 11.9 Å². The van der Waals surface area contributed by atoms with E-state index in [0.29, 0.717) is 23.1 Å². The number of methoxy groups -OCH3 is 1. The summed E-state index contributed by atoms with van der Waals surface area (Å²) in [5.74, 6) is 0.669. The first-order chi connectivity index (χ1) is 11.8. The van der Waals surface area contributed by atoms with E-state index in [1.54, 1.807) is 19.1 Å². The van der Waals surface area contributed by atoms with Crippen LogP contribution in [0.15, 0.2) is 18.2 Å². The zero-order valence-electron chi connectivity index (χ0n) is 15.8. The topological polar surface area (TPSA) is 64.6 Å². The second kappa shape index (κ2) is 8.37. The molecule has 0 spiro atoms. The molecule has 1 aliphatic carbocycles. The highest BCUT2D eigenvalue weighted by Gasteiger charge is 2.30. The third-order valence-corrected chi connectivity index (χ3v) is 5.26. The predicted octanol–water partition coefficient (Wildman–Crippen LogP) is 3.49. The normalized spacial score (nSPS) is 24.3. The van der Waals surface area contributed by atoms with Crippen LogP contribution < -0.4 is 10.1 Å². The number of esters is 1. The number of carbonyl (C=O) groups is 2. The molecule has 2 rings (SSSR count). The van der Waals surface area contributed by atoms with Crippen molar-refractivity contribution in [3.8, 4) is 5.75 Å². The molecule has 0 bridgehead atoms. The van der Waals surface area contributed by atoms with Gasteiger partial charge in [0.25, 0.3) is 5.91 Å². The van der Waals surface area contributed by atoms with Crippen molar-refractivity contribution in [1.82, 2.24) is 5.32 Å². The SMILES string of the molecule is COc1ccc(C)cc1C(=O)O[C@@H](C)C(=O)N[C@@H]1CCC[C@H](C)[C@@H]1C. The summed E-state index contributed by atoms with van der Waals surface area (Å²) >= 11 is 0. The van der Waals surface area contributed by atoms with Crippen LogP contribution in [0.4, 0.5) is 0 Å². The molecule has 138 valence electrons. The van der Waals surface area contributed by atoms with Gasteiger partial charge in [-0.3, -0.25) is 4.79 Å². The molecule has 0 unspecified atom stereocenters. The Morgan fingerprint density at radius 1 is 1.24 bits per heavy atom. The average Bonchev–Trinajstić information content (AvgIpc) is 2.58. The molecule has 0 radical (unpaired) electrons. The Labute approximate surface area is 150 Å². The average molecular weight is 347 g/mol. The number of rotatable bonds is 5. The molecule has 1 N–H and O–H groups in total. The third kappa shape index (κ3) is 4.74. The maximum Gasteiger partial charge on any atom is 0.342 e. The van der Waals surface area contributed by atoms with Gasteiger partial charge in [0.15, 0.2) is 6.10 Å². The maximum atomic E-state index is 12.4. The zero-order valence-corrected chi connectivity index (χ0v) is 15.8. The van der Waals surface area contributed by atoms with Gasteiger partial charge in [-0.1, -0.05) is 38.3 Å². The van der Waals surface area contributed by atoms with Crippen LogP contribution in [-0.2, 0) is 9.53 Å². The highest BCUT2D eigenvalue weighted by molar-refractivity contribution is 5.94. The van der Waals surface area contributed by atoms with E-state index in [1.807, 2.05) is 13.0 Å². The van der Waals surface area contributed by atoms with Crippen LogP contribution in [0.5, 0.6) is 5.75 Å². The van der Waals surface area contributed by atoms with Crippen molar-refractivity contribution in [3.63, 3.8) is 0 Å². The molecule has 5 nitrogen and oxygen atoms in total. The molecule has 4 atom stereocenters. The molecule has 1 aromatic carbocycles. The second-order valence-electron chi connectivity index (χ2n) is 7.13. The smallest absolute Gasteiger partial charge is 0.342 e. The van der Waals surface area contributed by atoms with E-state index in [1.165, 1.54) is 13.5 Å². The monoisotopic (exact) mass is 347 g/mol. The molecular formula is C20H29NO4. The van der Waals surface area contributed by atoms with Gasteiger partial charge in [-0.25, -0.2) is 4.79 Å². The summed E-state index contributed by atoms with van der Waals surface area (Å²) in [5.41, 5.74) is 1.26. The van der Waals surface area contributed by atoms with Gasteiger partial charge in [-0.2, -0.15) is 0 Å². The van der Waals surface area contributed by atoms with Crippen molar-refractivity contribution in [3.05, 3.63) is 29.3 Å².